The Labute approximate surface area is 163 Å². The number of nitrogens with two attached hydrogens (primary N) is 1. The fourth-order valence-corrected chi connectivity index (χ4v) is 2.58. The fraction of sp³-hybridized carbons (Fsp3) is 0.125. The predicted octanol–water partition coefficient (Wildman–Crippen LogP) is 5.07. The molecule has 0 saturated carbocycles. The lowest BCUT2D eigenvalue weighted by molar-refractivity contribution is -0.143. The summed E-state index contributed by atoms with van der Waals surface area (Å²) in [5, 5.41) is 3.50. The van der Waals surface area contributed by atoms with E-state index in [2.05, 4.69) is 38.7 Å². The van der Waals surface area contributed by atoms with Crippen molar-refractivity contribution >= 4 is 39.0 Å². The Morgan fingerprint density at radius 3 is 1.93 bits per heavy atom. The van der Waals surface area contributed by atoms with Gasteiger partial charge in [-0.1, -0.05) is 28.1 Å². The van der Waals surface area contributed by atoms with Gasteiger partial charge in [0.1, 0.15) is 0 Å². The smallest absolute Gasteiger partial charge is 0.375 e. The van der Waals surface area contributed by atoms with Crippen molar-refractivity contribution in [3.8, 4) is 0 Å². The van der Waals surface area contributed by atoms with Crippen LogP contribution in [0.15, 0.2) is 52.0 Å². The number of nitrogens with one attached hydrogen (secondary N) is 1. The summed E-state index contributed by atoms with van der Waals surface area (Å²) in [6, 6.07) is 7.34. The number of thiocarbonyl (C=S) groups is 1. The summed E-state index contributed by atoms with van der Waals surface area (Å²) in [5.41, 5.74) is 4.21. The monoisotopic (exact) mass is 469 g/mol. The number of alkyl halides is 6. The van der Waals surface area contributed by atoms with Crippen molar-refractivity contribution in [3.05, 3.63) is 69.2 Å². The summed E-state index contributed by atoms with van der Waals surface area (Å²) in [7, 11) is 0. The van der Waals surface area contributed by atoms with Gasteiger partial charge in [0.25, 0.3) is 0 Å². The Hall–Kier alpha value is -2.14. The van der Waals surface area contributed by atoms with Gasteiger partial charge in [-0.05, 0) is 42.5 Å². The van der Waals surface area contributed by atoms with Gasteiger partial charge in [0, 0.05) is 15.6 Å². The van der Waals surface area contributed by atoms with Gasteiger partial charge in [-0.15, -0.1) is 0 Å². The molecular formula is C16H10BrF6N3S. The van der Waals surface area contributed by atoms with Crippen LogP contribution in [0.4, 0.5) is 26.3 Å². The lowest BCUT2D eigenvalue weighted by atomic mass is 9.97. The molecule has 2 aromatic rings. The molecule has 0 unspecified atom stereocenters. The largest absolute Gasteiger partial charge is 0.416 e. The number of hydrazone groups is 1. The van der Waals surface area contributed by atoms with Crippen molar-refractivity contribution in [2.75, 3.05) is 0 Å². The summed E-state index contributed by atoms with van der Waals surface area (Å²) >= 11 is 7.79. The maximum atomic E-state index is 13.1. The Morgan fingerprint density at radius 2 is 1.48 bits per heavy atom. The summed E-state index contributed by atoms with van der Waals surface area (Å²) in [6.07, 6.45) is -9.95. The van der Waals surface area contributed by atoms with Crippen molar-refractivity contribution in [2.45, 2.75) is 12.4 Å². The SMILES string of the molecule is NC(=S)N/N=C(/c1cccc(Br)c1)c1cc(C(F)(F)F)cc(C(F)(F)F)c1. The third-order valence-corrected chi connectivity index (χ3v) is 3.82. The van der Waals surface area contributed by atoms with Crippen LogP contribution >= 0.6 is 28.1 Å². The lowest BCUT2D eigenvalue weighted by Gasteiger charge is -2.16. The van der Waals surface area contributed by atoms with E-state index in [0.717, 1.165) is 0 Å². The van der Waals surface area contributed by atoms with Gasteiger partial charge in [0.05, 0.1) is 16.8 Å². The zero-order valence-corrected chi connectivity index (χ0v) is 15.5. The van der Waals surface area contributed by atoms with Gasteiger partial charge in [-0.3, -0.25) is 5.43 Å². The Bertz CT molecular complexity index is 860. The van der Waals surface area contributed by atoms with E-state index in [-0.39, 0.29) is 22.5 Å². The zero-order valence-electron chi connectivity index (χ0n) is 13.1. The Morgan fingerprint density at radius 1 is 0.926 bits per heavy atom. The van der Waals surface area contributed by atoms with Crippen molar-refractivity contribution < 1.29 is 26.3 Å². The van der Waals surface area contributed by atoms with E-state index in [9.17, 15) is 26.3 Å². The second kappa shape index (κ2) is 7.85. The predicted molar refractivity (Wildman–Crippen MR) is 96.1 cm³/mol. The Kier molecular flexibility index (Phi) is 6.15. The number of halogens is 7. The number of benzene rings is 2. The molecule has 2 aromatic carbocycles. The van der Waals surface area contributed by atoms with E-state index < -0.39 is 29.0 Å². The van der Waals surface area contributed by atoms with Crippen LogP contribution in [0.5, 0.6) is 0 Å². The highest BCUT2D eigenvalue weighted by Crippen LogP contribution is 2.36. The molecule has 11 heteroatoms. The van der Waals surface area contributed by atoms with Crippen LogP contribution < -0.4 is 11.2 Å². The molecular weight excluding hydrogens is 460 g/mol. The van der Waals surface area contributed by atoms with Gasteiger partial charge < -0.3 is 5.73 Å². The molecule has 27 heavy (non-hydrogen) atoms. The highest BCUT2D eigenvalue weighted by Gasteiger charge is 2.37. The van der Waals surface area contributed by atoms with Crippen LogP contribution in [0.3, 0.4) is 0 Å². The molecule has 0 radical (unpaired) electrons. The lowest BCUT2D eigenvalue weighted by Crippen LogP contribution is -2.26. The molecule has 0 saturated heterocycles. The summed E-state index contributed by atoms with van der Waals surface area (Å²) in [5.74, 6) is 0. The standard InChI is InChI=1S/C16H10BrF6N3S/c17-12-3-1-2-8(6-12)13(25-26-14(24)27)9-4-10(15(18,19)20)7-11(5-9)16(21,22)23/h1-7H,(H3,24,26,27)/b25-13-. The molecule has 3 nitrogen and oxygen atoms in total. The highest BCUT2D eigenvalue weighted by atomic mass is 79.9. The third kappa shape index (κ3) is 5.67. The molecule has 0 spiro atoms. The summed E-state index contributed by atoms with van der Waals surface area (Å²) in [4.78, 5) is 0. The maximum absolute atomic E-state index is 13.1. The van der Waals surface area contributed by atoms with Crippen LogP contribution in [0.25, 0.3) is 0 Å². The molecule has 0 aromatic heterocycles. The van der Waals surface area contributed by atoms with Gasteiger partial charge in [0.2, 0.25) is 0 Å². The first kappa shape index (κ1) is 21.2. The van der Waals surface area contributed by atoms with E-state index in [1.165, 1.54) is 12.1 Å². The quantitative estimate of drug-likeness (QED) is 0.285. The molecule has 0 fully saturated rings. The first-order valence-electron chi connectivity index (χ1n) is 7.07. The molecule has 0 aliphatic rings. The fourth-order valence-electron chi connectivity index (χ4n) is 2.13. The number of rotatable bonds is 3. The summed E-state index contributed by atoms with van der Waals surface area (Å²) < 4.78 is 79.2. The zero-order chi connectivity index (χ0) is 20.4. The molecule has 0 aliphatic carbocycles. The molecule has 3 N–H and O–H groups in total. The molecule has 0 heterocycles. The molecule has 0 aliphatic heterocycles. The van der Waals surface area contributed by atoms with Gasteiger partial charge in [0.15, 0.2) is 5.11 Å². The molecule has 2 rings (SSSR count). The van der Waals surface area contributed by atoms with E-state index in [1.807, 2.05) is 0 Å². The van der Waals surface area contributed by atoms with E-state index in [1.54, 1.807) is 12.1 Å². The number of hydrogen-bond donors (Lipinski definition) is 2. The van der Waals surface area contributed by atoms with Gasteiger partial charge in [-0.2, -0.15) is 31.4 Å². The average Bonchev–Trinajstić information content (AvgIpc) is 2.53. The van der Waals surface area contributed by atoms with Gasteiger partial charge in [-0.25, -0.2) is 0 Å². The first-order chi connectivity index (χ1) is 12.4. The third-order valence-electron chi connectivity index (χ3n) is 3.24. The topological polar surface area (TPSA) is 50.4 Å². The minimum atomic E-state index is -4.98. The van der Waals surface area contributed by atoms with E-state index in [0.29, 0.717) is 16.6 Å². The molecule has 0 amide bonds. The Balaban J connectivity index is 2.74. The second-order valence-corrected chi connectivity index (χ2v) is 6.60. The van der Waals surface area contributed by atoms with Crippen LogP contribution in [0, 0.1) is 0 Å². The van der Waals surface area contributed by atoms with E-state index in [4.69, 9.17) is 5.73 Å². The van der Waals surface area contributed by atoms with Crippen molar-refractivity contribution in [1.82, 2.24) is 5.43 Å². The minimum absolute atomic E-state index is 0.0447. The molecule has 0 atom stereocenters. The minimum Gasteiger partial charge on any atom is -0.375 e. The van der Waals surface area contributed by atoms with Crippen molar-refractivity contribution in [3.63, 3.8) is 0 Å². The van der Waals surface area contributed by atoms with E-state index >= 15 is 0 Å². The molecule has 144 valence electrons. The van der Waals surface area contributed by atoms with Crippen molar-refractivity contribution in [1.29, 1.82) is 0 Å². The van der Waals surface area contributed by atoms with Crippen LogP contribution in [0.2, 0.25) is 0 Å². The number of hydrogen-bond acceptors (Lipinski definition) is 2. The second-order valence-electron chi connectivity index (χ2n) is 5.24. The maximum Gasteiger partial charge on any atom is 0.416 e. The number of nitrogens with zero attached hydrogens (tertiary/aromatic N) is 1. The van der Waals surface area contributed by atoms with Crippen LogP contribution in [-0.4, -0.2) is 10.8 Å². The van der Waals surface area contributed by atoms with Crippen LogP contribution in [-0.2, 0) is 12.4 Å². The highest BCUT2D eigenvalue weighted by molar-refractivity contribution is 9.10. The molecule has 0 bridgehead atoms. The van der Waals surface area contributed by atoms with Crippen molar-refractivity contribution in [2.24, 2.45) is 10.8 Å². The average molecular weight is 470 g/mol. The van der Waals surface area contributed by atoms with Gasteiger partial charge >= 0.3 is 12.4 Å². The summed E-state index contributed by atoms with van der Waals surface area (Å²) in [6.45, 7) is 0. The normalized spacial score (nSPS) is 12.8. The first-order valence-corrected chi connectivity index (χ1v) is 8.27. The van der Waals surface area contributed by atoms with Crippen LogP contribution in [0.1, 0.15) is 22.3 Å².